The van der Waals surface area contributed by atoms with Crippen molar-refractivity contribution in [2.24, 2.45) is 5.92 Å². The van der Waals surface area contributed by atoms with Gasteiger partial charge in [-0.25, -0.2) is 9.18 Å². The zero-order chi connectivity index (χ0) is 24.0. The smallest absolute Gasteiger partial charge is 0.416 e. The molecule has 3 aromatic rings. The molecule has 0 spiro atoms. The van der Waals surface area contributed by atoms with Gasteiger partial charge in [-0.1, -0.05) is 35.9 Å². The number of oxazole rings is 1. The van der Waals surface area contributed by atoms with Gasteiger partial charge in [0.1, 0.15) is 5.82 Å². The molecule has 0 saturated heterocycles. The highest BCUT2D eigenvalue weighted by atomic mass is 35.5. The Morgan fingerprint density at radius 1 is 1.24 bits per heavy atom. The number of carbonyl (C=O) groups is 2. The van der Waals surface area contributed by atoms with E-state index in [1.165, 1.54) is 25.3 Å². The molecule has 1 amide bonds. The first-order valence-corrected chi connectivity index (χ1v) is 10.4. The molecule has 0 saturated carbocycles. The molecule has 174 valence electrons. The fourth-order valence-electron chi connectivity index (χ4n) is 3.45. The number of hydrogen-bond donors (Lipinski definition) is 3. The summed E-state index contributed by atoms with van der Waals surface area (Å²) in [7, 11) is 1.39. The highest BCUT2D eigenvalue weighted by molar-refractivity contribution is 6.30. The Hall–Kier alpha value is -3.43. The first-order valence-electron chi connectivity index (χ1n) is 10.0. The van der Waals surface area contributed by atoms with Crippen LogP contribution in [0.4, 0.5) is 4.39 Å². The molecule has 33 heavy (non-hydrogen) atoms. The number of hydrogen-bond acceptors (Lipinski definition) is 5. The summed E-state index contributed by atoms with van der Waals surface area (Å²) in [6.45, 7) is -0.0338. The van der Waals surface area contributed by atoms with E-state index in [1.54, 1.807) is 24.3 Å². The molecule has 1 aromatic heterocycles. The van der Waals surface area contributed by atoms with Crippen molar-refractivity contribution in [3.05, 3.63) is 81.4 Å². The fraction of sp³-hybridized carbons (Fsp3) is 0.261. The third-order valence-electron chi connectivity index (χ3n) is 5.04. The van der Waals surface area contributed by atoms with E-state index in [-0.39, 0.29) is 25.2 Å². The van der Waals surface area contributed by atoms with E-state index in [1.807, 2.05) is 0 Å². The standard InChI is InChI=1S/C23H22ClFN2O6/c1-32-12-15(22(29)30)9-17(27-21(28)20-11-26-23(31)33-20)8-13-2-4-14(5-3-13)18-10-16(24)6-7-19(18)25/h2-7,10-11,15,17H,8-9,12H2,1H3,(H,26,31)(H,27,28)(H,29,30)/t15-,17+/m0/s1. The predicted octanol–water partition coefficient (Wildman–Crippen LogP) is 3.51. The molecule has 0 unspecified atom stereocenters. The number of amides is 1. The van der Waals surface area contributed by atoms with Crippen molar-refractivity contribution < 1.29 is 28.2 Å². The second-order valence-electron chi connectivity index (χ2n) is 7.46. The predicted molar refractivity (Wildman–Crippen MR) is 119 cm³/mol. The Bertz CT molecular complexity index is 1170. The number of rotatable bonds is 10. The largest absolute Gasteiger partial charge is 0.481 e. The molecular weight excluding hydrogens is 455 g/mol. The first-order chi connectivity index (χ1) is 15.8. The van der Waals surface area contributed by atoms with Gasteiger partial charge < -0.3 is 19.6 Å². The average Bonchev–Trinajstić information content (AvgIpc) is 3.22. The third kappa shape index (κ3) is 6.53. The lowest BCUT2D eigenvalue weighted by Crippen LogP contribution is -2.39. The van der Waals surface area contributed by atoms with Gasteiger partial charge in [0.25, 0.3) is 5.91 Å². The lowest BCUT2D eigenvalue weighted by atomic mass is 9.94. The quantitative estimate of drug-likeness (QED) is 0.411. The highest BCUT2D eigenvalue weighted by Crippen LogP contribution is 2.26. The van der Waals surface area contributed by atoms with E-state index in [4.69, 9.17) is 20.8 Å². The number of methoxy groups -OCH3 is 1. The molecule has 10 heteroatoms. The van der Waals surface area contributed by atoms with Crippen LogP contribution in [0.15, 0.2) is 57.9 Å². The van der Waals surface area contributed by atoms with Crippen molar-refractivity contribution in [3.8, 4) is 11.1 Å². The van der Waals surface area contributed by atoms with E-state index in [0.717, 1.165) is 11.8 Å². The van der Waals surface area contributed by atoms with Crippen LogP contribution in [0.1, 0.15) is 22.5 Å². The van der Waals surface area contributed by atoms with Crippen molar-refractivity contribution >= 4 is 23.5 Å². The van der Waals surface area contributed by atoms with E-state index in [9.17, 15) is 23.9 Å². The second kappa shape index (κ2) is 10.9. The monoisotopic (exact) mass is 476 g/mol. The Kier molecular flexibility index (Phi) is 8.02. The van der Waals surface area contributed by atoms with Gasteiger partial charge in [0.15, 0.2) is 0 Å². The normalized spacial score (nSPS) is 12.8. The molecular formula is C23H22ClFN2O6. The van der Waals surface area contributed by atoms with Crippen LogP contribution in [0, 0.1) is 11.7 Å². The third-order valence-corrected chi connectivity index (χ3v) is 5.28. The molecule has 3 rings (SSSR count). The second-order valence-corrected chi connectivity index (χ2v) is 7.90. The SMILES string of the molecule is COC[C@H](C[C@@H](Cc1ccc(-c2cc(Cl)ccc2F)cc1)NC(=O)c1c[nH]c(=O)o1)C(=O)O. The van der Waals surface area contributed by atoms with Crippen LogP contribution in [0.3, 0.4) is 0 Å². The van der Waals surface area contributed by atoms with Gasteiger partial charge in [-0.2, -0.15) is 0 Å². The number of aromatic nitrogens is 1. The molecule has 0 radical (unpaired) electrons. The number of H-pyrrole nitrogens is 1. The minimum Gasteiger partial charge on any atom is -0.481 e. The summed E-state index contributed by atoms with van der Waals surface area (Å²) >= 11 is 5.97. The lowest BCUT2D eigenvalue weighted by molar-refractivity contribution is -0.144. The molecule has 0 aliphatic rings. The van der Waals surface area contributed by atoms with Crippen LogP contribution >= 0.6 is 11.6 Å². The van der Waals surface area contributed by atoms with Gasteiger partial charge in [0.2, 0.25) is 5.76 Å². The molecule has 2 aromatic carbocycles. The van der Waals surface area contributed by atoms with Crippen molar-refractivity contribution in [2.75, 3.05) is 13.7 Å². The molecule has 2 atom stereocenters. The van der Waals surface area contributed by atoms with E-state index >= 15 is 0 Å². The number of carboxylic acid groups (broad SMARTS) is 1. The summed E-state index contributed by atoms with van der Waals surface area (Å²) in [5.41, 5.74) is 1.76. The van der Waals surface area contributed by atoms with Crippen LogP contribution in [0.2, 0.25) is 5.02 Å². The zero-order valence-electron chi connectivity index (χ0n) is 17.6. The first kappa shape index (κ1) is 24.2. The van der Waals surface area contributed by atoms with Gasteiger partial charge in [-0.15, -0.1) is 0 Å². The summed E-state index contributed by atoms with van der Waals surface area (Å²) in [4.78, 5) is 37.5. The maximum Gasteiger partial charge on any atom is 0.416 e. The summed E-state index contributed by atoms with van der Waals surface area (Å²) in [5.74, 6) is -3.97. The van der Waals surface area contributed by atoms with Gasteiger partial charge >= 0.3 is 11.7 Å². The van der Waals surface area contributed by atoms with Crippen LogP contribution in [-0.2, 0) is 16.0 Å². The fourth-order valence-corrected chi connectivity index (χ4v) is 3.63. The molecule has 0 aliphatic heterocycles. The minimum absolute atomic E-state index is 0.0338. The topological polar surface area (TPSA) is 122 Å². The van der Waals surface area contributed by atoms with Crippen LogP contribution in [0.5, 0.6) is 0 Å². The van der Waals surface area contributed by atoms with Gasteiger partial charge in [0.05, 0.1) is 18.7 Å². The maximum atomic E-state index is 14.2. The van der Waals surface area contributed by atoms with Gasteiger partial charge in [-0.05, 0) is 42.2 Å². The Labute approximate surface area is 193 Å². The maximum absolute atomic E-state index is 14.2. The summed E-state index contributed by atoms with van der Waals surface area (Å²) < 4.78 is 23.9. The summed E-state index contributed by atoms with van der Waals surface area (Å²) in [5, 5.41) is 12.6. The van der Waals surface area contributed by atoms with Crippen LogP contribution in [0.25, 0.3) is 11.1 Å². The lowest BCUT2D eigenvalue weighted by Gasteiger charge is -2.22. The number of nitrogens with one attached hydrogen (secondary N) is 2. The van der Waals surface area contributed by atoms with Gasteiger partial charge in [-0.3, -0.25) is 14.6 Å². The van der Waals surface area contributed by atoms with E-state index in [0.29, 0.717) is 16.1 Å². The summed E-state index contributed by atoms with van der Waals surface area (Å²) in [6, 6.07) is 10.6. The van der Waals surface area contributed by atoms with Crippen molar-refractivity contribution in [2.45, 2.75) is 18.9 Å². The van der Waals surface area contributed by atoms with Crippen LogP contribution in [-0.4, -0.2) is 41.7 Å². The van der Waals surface area contributed by atoms with E-state index < -0.39 is 35.4 Å². The molecule has 0 bridgehead atoms. The molecule has 1 heterocycles. The van der Waals surface area contributed by atoms with Gasteiger partial charge in [0, 0.05) is 23.7 Å². The number of aliphatic carboxylic acids is 1. The van der Waals surface area contributed by atoms with E-state index in [2.05, 4.69) is 10.3 Å². The number of carbonyl (C=O) groups excluding carboxylic acids is 1. The Balaban J connectivity index is 1.80. The number of carboxylic acids is 1. The van der Waals surface area contributed by atoms with Crippen molar-refractivity contribution in [1.29, 1.82) is 0 Å². The Morgan fingerprint density at radius 2 is 1.97 bits per heavy atom. The van der Waals surface area contributed by atoms with Crippen LogP contribution < -0.4 is 11.1 Å². The number of benzene rings is 2. The molecule has 3 N–H and O–H groups in total. The number of halogens is 2. The zero-order valence-corrected chi connectivity index (χ0v) is 18.4. The highest BCUT2D eigenvalue weighted by Gasteiger charge is 2.25. The Morgan fingerprint density at radius 3 is 2.58 bits per heavy atom. The molecule has 0 fully saturated rings. The summed E-state index contributed by atoms with van der Waals surface area (Å²) in [6.07, 6.45) is 1.49. The average molecular weight is 477 g/mol. The number of ether oxygens (including phenoxy) is 1. The molecule has 0 aliphatic carbocycles. The molecule has 8 nitrogen and oxygen atoms in total. The van der Waals surface area contributed by atoms with Crippen molar-refractivity contribution in [3.63, 3.8) is 0 Å². The van der Waals surface area contributed by atoms with Crippen molar-refractivity contribution in [1.82, 2.24) is 10.3 Å². The minimum atomic E-state index is -1.06. The number of aromatic amines is 1.